The van der Waals surface area contributed by atoms with Gasteiger partial charge in [0.15, 0.2) is 0 Å². The average Bonchev–Trinajstić information content (AvgIpc) is 2.29. The van der Waals surface area contributed by atoms with Gasteiger partial charge in [0.2, 0.25) is 5.88 Å². The summed E-state index contributed by atoms with van der Waals surface area (Å²) in [7, 11) is 4.07. The molecule has 102 valence electrons. The van der Waals surface area contributed by atoms with Crippen molar-refractivity contribution in [1.82, 2.24) is 9.88 Å². The highest BCUT2D eigenvalue weighted by Crippen LogP contribution is 2.21. The maximum atomic E-state index is 5.83. The third-order valence-corrected chi connectivity index (χ3v) is 2.31. The highest BCUT2D eigenvalue weighted by atomic mass is 16.5. The molecule has 0 aliphatic carbocycles. The van der Waals surface area contributed by atoms with E-state index in [1.165, 1.54) is 0 Å². The highest BCUT2D eigenvalue weighted by Gasteiger charge is 2.05. The second-order valence-corrected chi connectivity index (χ2v) is 5.03. The summed E-state index contributed by atoms with van der Waals surface area (Å²) >= 11 is 0. The molecule has 1 aromatic rings. The predicted octanol–water partition coefficient (Wildman–Crippen LogP) is 1.67. The standard InChI is InChI=1S/C13H24N4O/c1-10(2)9-18-13-11(14)5-6-12(16-13)15-7-8-17(3)4/h5-6,10H,7-9,14H2,1-4H3,(H,15,16). The number of pyridine rings is 1. The van der Waals surface area contributed by atoms with Crippen LogP contribution in [0.5, 0.6) is 5.88 Å². The van der Waals surface area contributed by atoms with Crippen LogP contribution in [0, 0.1) is 5.92 Å². The molecule has 0 aliphatic heterocycles. The van der Waals surface area contributed by atoms with Gasteiger partial charge in [-0.05, 0) is 32.1 Å². The number of nitrogen functional groups attached to an aromatic ring is 1. The molecule has 3 N–H and O–H groups in total. The molecule has 0 amide bonds. The van der Waals surface area contributed by atoms with Crippen LogP contribution < -0.4 is 15.8 Å². The fourth-order valence-corrected chi connectivity index (χ4v) is 1.32. The van der Waals surface area contributed by atoms with Gasteiger partial charge >= 0.3 is 0 Å². The molecule has 0 saturated heterocycles. The number of hydrogen-bond donors (Lipinski definition) is 2. The lowest BCUT2D eigenvalue weighted by atomic mass is 10.2. The Kier molecular flexibility index (Phi) is 5.71. The fourth-order valence-electron chi connectivity index (χ4n) is 1.32. The van der Waals surface area contributed by atoms with Crippen LogP contribution in [0.1, 0.15) is 13.8 Å². The van der Waals surface area contributed by atoms with Crippen LogP contribution in [0.15, 0.2) is 12.1 Å². The van der Waals surface area contributed by atoms with Crippen molar-refractivity contribution in [3.8, 4) is 5.88 Å². The van der Waals surface area contributed by atoms with Gasteiger partial charge < -0.3 is 20.7 Å². The van der Waals surface area contributed by atoms with Crippen molar-refractivity contribution in [1.29, 1.82) is 0 Å². The van der Waals surface area contributed by atoms with Crippen LogP contribution in [0.25, 0.3) is 0 Å². The summed E-state index contributed by atoms with van der Waals surface area (Å²) in [6.45, 7) is 6.60. The molecule has 0 aliphatic rings. The summed E-state index contributed by atoms with van der Waals surface area (Å²) in [5.41, 5.74) is 6.41. The maximum absolute atomic E-state index is 5.83. The number of aromatic nitrogens is 1. The van der Waals surface area contributed by atoms with Crippen molar-refractivity contribution >= 4 is 11.5 Å². The first-order valence-corrected chi connectivity index (χ1v) is 6.27. The number of anilines is 2. The molecule has 1 rings (SSSR count). The second kappa shape index (κ2) is 7.06. The number of hydrogen-bond acceptors (Lipinski definition) is 5. The van der Waals surface area contributed by atoms with Crippen molar-refractivity contribution in [2.75, 3.05) is 44.8 Å². The van der Waals surface area contributed by atoms with Crippen molar-refractivity contribution in [3.63, 3.8) is 0 Å². The zero-order chi connectivity index (χ0) is 13.5. The van der Waals surface area contributed by atoms with E-state index < -0.39 is 0 Å². The van der Waals surface area contributed by atoms with E-state index in [1.54, 1.807) is 0 Å². The molecule has 1 aromatic heterocycles. The second-order valence-electron chi connectivity index (χ2n) is 5.03. The summed E-state index contributed by atoms with van der Waals surface area (Å²) in [5, 5.41) is 3.24. The lowest BCUT2D eigenvalue weighted by Crippen LogP contribution is -2.21. The van der Waals surface area contributed by atoms with E-state index in [-0.39, 0.29) is 0 Å². The molecule has 1 heterocycles. The summed E-state index contributed by atoms with van der Waals surface area (Å²) in [4.78, 5) is 6.48. The summed E-state index contributed by atoms with van der Waals surface area (Å²) < 4.78 is 5.58. The largest absolute Gasteiger partial charge is 0.476 e. The summed E-state index contributed by atoms with van der Waals surface area (Å²) in [5.74, 6) is 1.76. The Morgan fingerprint density at radius 2 is 2.11 bits per heavy atom. The van der Waals surface area contributed by atoms with E-state index >= 15 is 0 Å². The van der Waals surface area contributed by atoms with Crippen molar-refractivity contribution in [2.45, 2.75) is 13.8 Å². The number of likely N-dealkylation sites (N-methyl/N-ethyl adjacent to an activating group) is 1. The van der Waals surface area contributed by atoms with Gasteiger partial charge in [-0.2, -0.15) is 4.98 Å². The van der Waals surface area contributed by atoms with Crippen LogP contribution in [0.2, 0.25) is 0 Å². The number of nitrogens with one attached hydrogen (secondary N) is 1. The topological polar surface area (TPSA) is 63.4 Å². The van der Waals surface area contributed by atoms with Crippen molar-refractivity contribution in [2.24, 2.45) is 5.92 Å². The molecule has 0 radical (unpaired) electrons. The highest BCUT2D eigenvalue weighted by molar-refractivity contribution is 5.53. The van der Waals surface area contributed by atoms with E-state index in [0.717, 1.165) is 18.9 Å². The molecule has 0 bridgehead atoms. The van der Waals surface area contributed by atoms with Gasteiger partial charge in [0.1, 0.15) is 5.82 Å². The Hall–Kier alpha value is -1.49. The quantitative estimate of drug-likeness (QED) is 0.773. The molecule has 0 aromatic carbocycles. The minimum absolute atomic E-state index is 0.455. The minimum atomic E-state index is 0.455. The van der Waals surface area contributed by atoms with Gasteiger partial charge in [0.25, 0.3) is 0 Å². The zero-order valence-corrected chi connectivity index (χ0v) is 11.7. The first-order chi connectivity index (χ1) is 8.49. The first kappa shape index (κ1) is 14.6. The van der Waals surface area contributed by atoms with E-state index in [9.17, 15) is 0 Å². The molecule has 0 atom stereocenters. The number of ether oxygens (including phenoxy) is 1. The van der Waals surface area contributed by atoms with Gasteiger partial charge in [0, 0.05) is 13.1 Å². The molecule has 5 nitrogen and oxygen atoms in total. The Balaban J connectivity index is 2.56. The molecule has 0 spiro atoms. The lowest BCUT2D eigenvalue weighted by molar-refractivity contribution is 0.263. The normalized spacial score (nSPS) is 11.0. The number of rotatable bonds is 7. The van der Waals surface area contributed by atoms with Gasteiger partial charge in [-0.3, -0.25) is 0 Å². The van der Waals surface area contributed by atoms with Crippen molar-refractivity contribution < 1.29 is 4.74 Å². The maximum Gasteiger partial charge on any atom is 0.239 e. The van der Waals surface area contributed by atoms with E-state index in [1.807, 2.05) is 26.2 Å². The molecule has 5 heteroatoms. The summed E-state index contributed by atoms with van der Waals surface area (Å²) in [6.07, 6.45) is 0. The van der Waals surface area contributed by atoms with Crippen LogP contribution in [0.3, 0.4) is 0 Å². The van der Waals surface area contributed by atoms with Crippen molar-refractivity contribution in [3.05, 3.63) is 12.1 Å². The zero-order valence-electron chi connectivity index (χ0n) is 11.7. The van der Waals surface area contributed by atoms with Crippen LogP contribution in [-0.4, -0.2) is 43.7 Å². The van der Waals surface area contributed by atoms with Crippen LogP contribution in [0.4, 0.5) is 11.5 Å². The van der Waals surface area contributed by atoms with E-state index in [2.05, 4.69) is 29.0 Å². The molecule has 18 heavy (non-hydrogen) atoms. The predicted molar refractivity (Wildman–Crippen MR) is 76.0 cm³/mol. The Bertz CT molecular complexity index is 366. The Morgan fingerprint density at radius 1 is 1.39 bits per heavy atom. The SMILES string of the molecule is CC(C)COc1nc(NCCN(C)C)ccc1N. The molecular formula is C13H24N4O. The molecular weight excluding hydrogens is 228 g/mol. The number of nitrogens with zero attached hydrogens (tertiary/aromatic N) is 2. The molecule has 0 saturated carbocycles. The van der Waals surface area contributed by atoms with Gasteiger partial charge in [0.05, 0.1) is 12.3 Å². The third-order valence-electron chi connectivity index (χ3n) is 2.31. The van der Waals surface area contributed by atoms with E-state index in [4.69, 9.17) is 10.5 Å². The van der Waals surface area contributed by atoms with Gasteiger partial charge in [-0.25, -0.2) is 0 Å². The smallest absolute Gasteiger partial charge is 0.239 e. The van der Waals surface area contributed by atoms with Crippen LogP contribution in [-0.2, 0) is 0 Å². The van der Waals surface area contributed by atoms with Gasteiger partial charge in [-0.15, -0.1) is 0 Å². The average molecular weight is 252 g/mol. The first-order valence-electron chi connectivity index (χ1n) is 6.27. The minimum Gasteiger partial charge on any atom is -0.476 e. The third kappa shape index (κ3) is 5.23. The van der Waals surface area contributed by atoms with Gasteiger partial charge in [-0.1, -0.05) is 13.8 Å². The fraction of sp³-hybridized carbons (Fsp3) is 0.615. The Morgan fingerprint density at radius 3 is 2.72 bits per heavy atom. The van der Waals surface area contributed by atoms with Crippen LogP contribution >= 0.6 is 0 Å². The summed E-state index contributed by atoms with van der Waals surface area (Å²) in [6, 6.07) is 3.69. The number of nitrogens with two attached hydrogens (primary N) is 1. The Labute approximate surface area is 109 Å². The van der Waals surface area contributed by atoms with E-state index in [0.29, 0.717) is 24.1 Å². The lowest BCUT2D eigenvalue weighted by Gasteiger charge is -2.13. The molecule has 0 unspecified atom stereocenters. The molecule has 0 fully saturated rings. The monoisotopic (exact) mass is 252 g/mol.